The minimum absolute atomic E-state index is 0. The number of aromatic nitrogens is 1. The second-order valence-electron chi connectivity index (χ2n) is 7.01. The predicted molar refractivity (Wildman–Crippen MR) is 136 cm³/mol. The fraction of sp³-hybridized carbons (Fsp3) is 0.333. The number of nitrogens with zero attached hydrogens (tertiary/aromatic N) is 3. The van der Waals surface area contributed by atoms with Crippen LogP contribution in [-0.2, 0) is 9.84 Å². The molecule has 0 fully saturated rings. The minimum atomic E-state index is -3.34. The van der Waals surface area contributed by atoms with Crippen molar-refractivity contribution in [1.29, 1.82) is 0 Å². The number of likely N-dealkylation sites (N-methyl/N-ethyl adjacent to an activating group) is 1. The van der Waals surface area contributed by atoms with E-state index in [1.807, 2.05) is 0 Å². The fourth-order valence-corrected chi connectivity index (χ4v) is 5.23. The van der Waals surface area contributed by atoms with Crippen LogP contribution in [0.25, 0.3) is 10.2 Å². The third kappa shape index (κ3) is 6.12. The number of amides is 1. The molecule has 0 atom stereocenters. The van der Waals surface area contributed by atoms with E-state index in [4.69, 9.17) is 23.2 Å². The summed E-state index contributed by atoms with van der Waals surface area (Å²) in [6.07, 6.45) is 1.16. The maximum absolute atomic E-state index is 13.4. The van der Waals surface area contributed by atoms with Crippen molar-refractivity contribution in [1.82, 2.24) is 9.88 Å². The van der Waals surface area contributed by atoms with Crippen LogP contribution in [-0.4, -0.2) is 56.6 Å². The quantitative estimate of drug-likeness (QED) is 0.385. The summed E-state index contributed by atoms with van der Waals surface area (Å²) in [6, 6.07) is 9.54. The molecule has 1 heterocycles. The third-order valence-corrected chi connectivity index (χ3v) is 7.66. The van der Waals surface area contributed by atoms with Crippen LogP contribution in [0.5, 0.6) is 0 Å². The van der Waals surface area contributed by atoms with Crippen LogP contribution in [0.3, 0.4) is 0 Å². The Kier molecular flexibility index (Phi) is 9.34. The first-order chi connectivity index (χ1) is 14.6. The van der Waals surface area contributed by atoms with Crippen LogP contribution in [0, 0.1) is 0 Å². The number of fused-ring (bicyclic) bond motifs is 1. The molecule has 0 N–H and O–H groups in total. The highest BCUT2D eigenvalue weighted by atomic mass is 35.5. The molecule has 0 aliphatic carbocycles. The van der Waals surface area contributed by atoms with Gasteiger partial charge in [-0.15, -0.1) is 12.4 Å². The van der Waals surface area contributed by atoms with Crippen molar-refractivity contribution in [3.05, 3.63) is 52.0 Å². The Hall–Kier alpha value is -1.42. The summed E-state index contributed by atoms with van der Waals surface area (Å²) >= 11 is 13.7. The number of thiazole rings is 1. The molecular formula is C21H24Cl3N3O3S2. The van der Waals surface area contributed by atoms with Gasteiger partial charge in [0.25, 0.3) is 5.91 Å². The second-order valence-corrected chi connectivity index (χ2v) is 10.9. The summed E-state index contributed by atoms with van der Waals surface area (Å²) < 4.78 is 24.5. The monoisotopic (exact) mass is 535 g/mol. The van der Waals surface area contributed by atoms with Crippen molar-refractivity contribution in [2.45, 2.75) is 18.7 Å². The van der Waals surface area contributed by atoms with Crippen LogP contribution in [0.4, 0.5) is 5.13 Å². The molecule has 3 rings (SSSR count). The summed E-state index contributed by atoms with van der Waals surface area (Å²) in [5.74, 6) is -0.304. The van der Waals surface area contributed by atoms with Gasteiger partial charge in [-0.3, -0.25) is 9.69 Å². The molecule has 0 saturated heterocycles. The van der Waals surface area contributed by atoms with Crippen molar-refractivity contribution in [3.63, 3.8) is 0 Å². The molecule has 2 aromatic carbocycles. The number of anilines is 1. The van der Waals surface area contributed by atoms with Gasteiger partial charge >= 0.3 is 0 Å². The number of rotatable bonds is 8. The Morgan fingerprint density at radius 2 is 1.75 bits per heavy atom. The zero-order valence-electron chi connectivity index (χ0n) is 17.8. The average Bonchev–Trinajstić information content (AvgIpc) is 3.15. The van der Waals surface area contributed by atoms with E-state index >= 15 is 0 Å². The zero-order chi connectivity index (χ0) is 22.8. The Labute approximate surface area is 208 Å². The molecule has 174 valence electrons. The first kappa shape index (κ1) is 26.8. The van der Waals surface area contributed by atoms with Crippen LogP contribution in [0.1, 0.15) is 24.2 Å². The van der Waals surface area contributed by atoms with Gasteiger partial charge in [-0.2, -0.15) is 0 Å². The highest BCUT2D eigenvalue weighted by Gasteiger charge is 2.24. The summed E-state index contributed by atoms with van der Waals surface area (Å²) in [4.78, 5) is 22.0. The molecule has 3 aromatic rings. The lowest BCUT2D eigenvalue weighted by Gasteiger charge is -2.25. The topological polar surface area (TPSA) is 70.6 Å². The van der Waals surface area contributed by atoms with Crippen molar-refractivity contribution in [3.8, 4) is 0 Å². The molecule has 0 aliphatic heterocycles. The Morgan fingerprint density at radius 3 is 2.38 bits per heavy atom. The largest absolute Gasteiger partial charge is 0.302 e. The molecule has 0 saturated carbocycles. The molecule has 6 nitrogen and oxygen atoms in total. The van der Waals surface area contributed by atoms with Gasteiger partial charge in [-0.1, -0.05) is 48.4 Å². The minimum Gasteiger partial charge on any atom is -0.302 e. The lowest BCUT2D eigenvalue weighted by molar-refractivity contribution is 0.0984. The van der Waals surface area contributed by atoms with Gasteiger partial charge in [0.2, 0.25) is 0 Å². The maximum atomic E-state index is 13.4. The normalized spacial score (nSPS) is 11.6. The number of hydrogen-bond acceptors (Lipinski definition) is 6. The summed E-state index contributed by atoms with van der Waals surface area (Å²) in [6.45, 7) is 6.90. The van der Waals surface area contributed by atoms with Crippen LogP contribution >= 0.6 is 46.9 Å². The number of carbonyl (C=O) groups is 1. The van der Waals surface area contributed by atoms with Crippen LogP contribution in [0.15, 0.2) is 41.3 Å². The maximum Gasteiger partial charge on any atom is 0.261 e. The number of hydrogen-bond donors (Lipinski definition) is 0. The average molecular weight is 537 g/mol. The van der Waals surface area contributed by atoms with E-state index in [0.717, 1.165) is 19.3 Å². The van der Waals surface area contributed by atoms with E-state index in [-0.39, 0.29) is 23.2 Å². The van der Waals surface area contributed by atoms with Crippen LogP contribution < -0.4 is 4.90 Å². The van der Waals surface area contributed by atoms with Gasteiger partial charge in [0.15, 0.2) is 15.0 Å². The van der Waals surface area contributed by atoms with Crippen molar-refractivity contribution in [2.24, 2.45) is 0 Å². The van der Waals surface area contributed by atoms with E-state index in [0.29, 0.717) is 44.0 Å². The van der Waals surface area contributed by atoms with Gasteiger partial charge in [0.05, 0.1) is 25.7 Å². The highest BCUT2D eigenvalue weighted by molar-refractivity contribution is 7.90. The van der Waals surface area contributed by atoms with Crippen LogP contribution in [0.2, 0.25) is 10.0 Å². The number of halogens is 3. The lowest BCUT2D eigenvalue weighted by atomic mass is 10.2. The Bertz CT molecular complexity index is 1210. The molecule has 0 aliphatic rings. The standard InChI is InChI=1S/C21H23Cl2N3O3S2.ClH/c1-4-25(5-2)10-11-26(20(27)16-12-14(22)6-8-17(16)23)21-24-18-9-7-15(31(3,28)29)13-19(18)30-21;/h6-9,12-13H,4-5,10-11H2,1-3H3;1H. The van der Waals surface area contributed by atoms with E-state index in [1.54, 1.807) is 35.2 Å². The third-order valence-electron chi connectivity index (χ3n) is 4.95. The van der Waals surface area contributed by atoms with E-state index in [2.05, 4.69) is 23.7 Å². The van der Waals surface area contributed by atoms with Gasteiger partial charge < -0.3 is 4.90 Å². The van der Waals surface area contributed by atoms with Gasteiger partial charge in [0, 0.05) is 24.4 Å². The summed E-state index contributed by atoms with van der Waals surface area (Å²) in [5.41, 5.74) is 0.926. The van der Waals surface area contributed by atoms with Gasteiger partial charge in [-0.25, -0.2) is 13.4 Å². The van der Waals surface area contributed by atoms with Gasteiger partial charge in [-0.05, 0) is 49.5 Å². The van der Waals surface area contributed by atoms with Gasteiger partial charge in [0.1, 0.15) is 0 Å². The Balaban J connectivity index is 0.00000363. The molecule has 11 heteroatoms. The summed E-state index contributed by atoms with van der Waals surface area (Å²) in [7, 11) is -3.34. The first-order valence-corrected chi connectivity index (χ1v) is 13.2. The van der Waals surface area contributed by atoms with E-state index < -0.39 is 9.84 Å². The van der Waals surface area contributed by atoms with Crippen molar-refractivity contribution < 1.29 is 13.2 Å². The summed E-state index contributed by atoms with van der Waals surface area (Å²) in [5, 5.41) is 1.20. The predicted octanol–water partition coefficient (Wildman–Crippen LogP) is 5.42. The molecule has 0 radical (unpaired) electrons. The number of carbonyl (C=O) groups excluding carboxylic acids is 1. The van der Waals surface area contributed by atoms with E-state index in [1.165, 1.54) is 17.4 Å². The molecule has 0 spiro atoms. The second kappa shape index (κ2) is 11.1. The lowest BCUT2D eigenvalue weighted by Crippen LogP contribution is -2.39. The molecular weight excluding hydrogens is 513 g/mol. The molecule has 1 aromatic heterocycles. The number of sulfone groups is 1. The fourth-order valence-electron chi connectivity index (χ4n) is 3.11. The molecule has 0 unspecified atom stereocenters. The Morgan fingerprint density at radius 1 is 1.06 bits per heavy atom. The number of benzene rings is 2. The molecule has 1 amide bonds. The van der Waals surface area contributed by atoms with E-state index in [9.17, 15) is 13.2 Å². The first-order valence-electron chi connectivity index (χ1n) is 9.74. The van der Waals surface area contributed by atoms with Crippen molar-refractivity contribution >= 4 is 78.0 Å². The zero-order valence-corrected chi connectivity index (χ0v) is 21.8. The molecule has 0 bridgehead atoms. The smallest absolute Gasteiger partial charge is 0.261 e. The SMILES string of the molecule is CCN(CC)CCN(C(=O)c1cc(Cl)ccc1Cl)c1nc2ccc(S(C)(=O)=O)cc2s1.Cl. The highest BCUT2D eigenvalue weighted by Crippen LogP contribution is 2.32. The molecule has 32 heavy (non-hydrogen) atoms. The van der Waals surface area contributed by atoms with Crippen molar-refractivity contribution in [2.75, 3.05) is 37.3 Å².